The molecule has 0 aliphatic carbocycles. The van der Waals surface area contributed by atoms with E-state index in [9.17, 15) is 4.79 Å². The third kappa shape index (κ3) is 5.25. The van der Waals surface area contributed by atoms with E-state index >= 15 is 0 Å². The van der Waals surface area contributed by atoms with Crippen molar-refractivity contribution in [1.82, 2.24) is 10.6 Å². The Balaban J connectivity index is 1.70. The van der Waals surface area contributed by atoms with Crippen LogP contribution in [0.5, 0.6) is 0 Å². The van der Waals surface area contributed by atoms with Crippen LogP contribution in [0.4, 0.5) is 0 Å². The zero-order valence-electron chi connectivity index (χ0n) is 12.0. The molecule has 0 radical (unpaired) electrons. The Morgan fingerprint density at radius 3 is 3.10 bits per heavy atom. The Bertz CT molecular complexity index is 444. The summed E-state index contributed by atoms with van der Waals surface area (Å²) < 4.78 is 1.09. The molecule has 4 heteroatoms. The molecule has 1 amide bonds. The van der Waals surface area contributed by atoms with Gasteiger partial charge in [0.15, 0.2) is 0 Å². The summed E-state index contributed by atoms with van der Waals surface area (Å²) >= 11 is 3.47. The minimum atomic E-state index is 0.179. The number of halogens is 1. The second kappa shape index (κ2) is 7.79. The van der Waals surface area contributed by atoms with Gasteiger partial charge < -0.3 is 10.6 Å². The first-order valence-electron chi connectivity index (χ1n) is 7.38. The number of hydrogen-bond donors (Lipinski definition) is 2. The van der Waals surface area contributed by atoms with Crippen LogP contribution in [-0.4, -0.2) is 25.0 Å². The van der Waals surface area contributed by atoms with Gasteiger partial charge in [0.05, 0.1) is 0 Å². The lowest BCUT2D eigenvalue weighted by Crippen LogP contribution is -2.34. The van der Waals surface area contributed by atoms with Gasteiger partial charge in [0.2, 0.25) is 5.91 Å². The lowest BCUT2D eigenvalue weighted by Gasteiger charge is -2.15. The maximum atomic E-state index is 11.9. The molecule has 1 aliphatic rings. The molecule has 0 bridgehead atoms. The highest BCUT2D eigenvalue weighted by atomic mass is 79.9. The molecule has 2 N–H and O–H groups in total. The number of rotatable bonds is 6. The van der Waals surface area contributed by atoms with Gasteiger partial charge in [-0.3, -0.25) is 4.79 Å². The van der Waals surface area contributed by atoms with Crippen molar-refractivity contribution in [3.8, 4) is 0 Å². The summed E-state index contributed by atoms with van der Waals surface area (Å²) in [5, 5.41) is 6.44. The third-order valence-electron chi connectivity index (χ3n) is 3.78. The van der Waals surface area contributed by atoms with Crippen LogP contribution >= 0.6 is 15.9 Å². The highest BCUT2D eigenvalue weighted by molar-refractivity contribution is 9.10. The van der Waals surface area contributed by atoms with Crippen LogP contribution in [0.3, 0.4) is 0 Å². The first-order chi connectivity index (χ1) is 9.63. The van der Waals surface area contributed by atoms with E-state index in [1.165, 1.54) is 12.0 Å². The van der Waals surface area contributed by atoms with Gasteiger partial charge in [0.25, 0.3) is 0 Å². The van der Waals surface area contributed by atoms with Gasteiger partial charge in [-0.2, -0.15) is 0 Å². The van der Waals surface area contributed by atoms with E-state index in [0.717, 1.165) is 30.4 Å². The Hall–Kier alpha value is -0.870. The molecule has 1 heterocycles. The van der Waals surface area contributed by atoms with Crippen molar-refractivity contribution in [2.24, 2.45) is 5.92 Å². The van der Waals surface area contributed by atoms with Crippen LogP contribution in [0.25, 0.3) is 0 Å². The van der Waals surface area contributed by atoms with Gasteiger partial charge in [-0.05, 0) is 62.9 Å². The van der Waals surface area contributed by atoms with E-state index in [-0.39, 0.29) is 11.9 Å². The van der Waals surface area contributed by atoms with Crippen molar-refractivity contribution in [3.05, 3.63) is 34.3 Å². The minimum Gasteiger partial charge on any atom is -0.353 e. The summed E-state index contributed by atoms with van der Waals surface area (Å²) in [6, 6.07) is 8.42. The number of carbonyl (C=O) groups excluding carboxylic acids is 1. The minimum absolute atomic E-state index is 0.179. The van der Waals surface area contributed by atoms with Gasteiger partial charge in [-0.1, -0.05) is 28.1 Å². The zero-order chi connectivity index (χ0) is 14.4. The Morgan fingerprint density at radius 1 is 1.55 bits per heavy atom. The van der Waals surface area contributed by atoms with Crippen LogP contribution in [0, 0.1) is 5.92 Å². The topological polar surface area (TPSA) is 41.1 Å². The zero-order valence-corrected chi connectivity index (χ0v) is 13.6. The summed E-state index contributed by atoms with van der Waals surface area (Å²) in [6.07, 6.45) is 3.73. The smallest absolute Gasteiger partial charge is 0.220 e. The molecule has 2 unspecified atom stereocenters. The predicted octanol–water partition coefficient (Wildman–Crippen LogP) is 2.89. The molecule has 0 aromatic heterocycles. The molecule has 1 aromatic rings. The van der Waals surface area contributed by atoms with E-state index in [2.05, 4.69) is 45.6 Å². The second-order valence-corrected chi connectivity index (χ2v) is 6.62. The van der Waals surface area contributed by atoms with Crippen LogP contribution in [0.2, 0.25) is 0 Å². The number of nitrogens with one attached hydrogen (secondary N) is 2. The molecule has 1 saturated heterocycles. The molecule has 0 spiro atoms. The lowest BCUT2D eigenvalue weighted by molar-refractivity contribution is -0.121. The summed E-state index contributed by atoms with van der Waals surface area (Å²) in [7, 11) is 0. The van der Waals surface area contributed by atoms with Crippen LogP contribution < -0.4 is 10.6 Å². The maximum absolute atomic E-state index is 11.9. The highest BCUT2D eigenvalue weighted by Crippen LogP contribution is 2.15. The summed E-state index contributed by atoms with van der Waals surface area (Å²) in [6.45, 7) is 4.24. The Labute approximate surface area is 129 Å². The maximum Gasteiger partial charge on any atom is 0.220 e. The summed E-state index contributed by atoms with van der Waals surface area (Å²) in [4.78, 5) is 11.9. The average Bonchev–Trinajstić information content (AvgIpc) is 2.89. The first kappa shape index (κ1) is 15.5. The van der Waals surface area contributed by atoms with Gasteiger partial charge in [0, 0.05) is 16.9 Å². The molecule has 110 valence electrons. The predicted molar refractivity (Wildman–Crippen MR) is 85.7 cm³/mol. The molecule has 2 rings (SSSR count). The van der Waals surface area contributed by atoms with Crippen LogP contribution in [0.1, 0.15) is 31.7 Å². The van der Waals surface area contributed by atoms with Crippen molar-refractivity contribution in [1.29, 1.82) is 0 Å². The van der Waals surface area contributed by atoms with Gasteiger partial charge in [-0.25, -0.2) is 0 Å². The summed E-state index contributed by atoms with van der Waals surface area (Å²) in [5.74, 6) is 0.862. The van der Waals surface area contributed by atoms with Crippen molar-refractivity contribution in [2.45, 2.75) is 38.6 Å². The molecule has 0 saturated carbocycles. The average molecular weight is 339 g/mol. The molecule has 1 aromatic carbocycles. The number of amides is 1. The number of carbonyl (C=O) groups is 1. The molecule has 2 atom stereocenters. The normalized spacial score (nSPS) is 19.8. The molecular weight excluding hydrogens is 316 g/mol. The van der Waals surface area contributed by atoms with Crippen LogP contribution in [0.15, 0.2) is 28.7 Å². The van der Waals surface area contributed by atoms with Gasteiger partial charge in [0.1, 0.15) is 0 Å². The lowest BCUT2D eigenvalue weighted by atomic mass is 10.0. The summed E-state index contributed by atoms with van der Waals surface area (Å²) in [5.41, 5.74) is 1.24. The third-order valence-corrected chi connectivity index (χ3v) is 4.27. The van der Waals surface area contributed by atoms with Crippen molar-refractivity contribution < 1.29 is 4.79 Å². The molecular formula is C16H23BrN2O. The Kier molecular flexibility index (Phi) is 6.05. The van der Waals surface area contributed by atoms with Gasteiger partial charge >= 0.3 is 0 Å². The fourth-order valence-electron chi connectivity index (χ4n) is 2.71. The van der Waals surface area contributed by atoms with Crippen molar-refractivity contribution in [3.63, 3.8) is 0 Å². The van der Waals surface area contributed by atoms with E-state index in [0.29, 0.717) is 12.3 Å². The number of hydrogen-bond acceptors (Lipinski definition) is 2. The monoisotopic (exact) mass is 338 g/mol. The molecule has 1 aliphatic heterocycles. The molecule has 1 fully saturated rings. The SMILES string of the molecule is CC(Cc1cccc(Br)c1)NC(=O)CCC1CCNC1. The fraction of sp³-hybridized carbons (Fsp3) is 0.562. The van der Waals surface area contributed by atoms with Crippen molar-refractivity contribution in [2.75, 3.05) is 13.1 Å². The van der Waals surface area contributed by atoms with Crippen LogP contribution in [-0.2, 0) is 11.2 Å². The quantitative estimate of drug-likeness (QED) is 0.837. The highest BCUT2D eigenvalue weighted by Gasteiger charge is 2.16. The number of benzene rings is 1. The Morgan fingerprint density at radius 2 is 2.40 bits per heavy atom. The second-order valence-electron chi connectivity index (χ2n) is 5.70. The van der Waals surface area contributed by atoms with E-state index in [4.69, 9.17) is 0 Å². The molecule has 3 nitrogen and oxygen atoms in total. The first-order valence-corrected chi connectivity index (χ1v) is 8.17. The van der Waals surface area contributed by atoms with E-state index in [1.54, 1.807) is 0 Å². The molecule has 20 heavy (non-hydrogen) atoms. The van der Waals surface area contributed by atoms with E-state index in [1.807, 2.05) is 12.1 Å². The fourth-order valence-corrected chi connectivity index (χ4v) is 3.16. The van der Waals surface area contributed by atoms with E-state index < -0.39 is 0 Å². The standard InChI is InChI=1S/C16H23BrN2O/c1-12(9-14-3-2-4-15(17)10-14)19-16(20)6-5-13-7-8-18-11-13/h2-4,10,12-13,18H,5-9,11H2,1H3,(H,19,20). The van der Waals surface area contributed by atoms with Gasteiger partial charge in [-0.15, -0.1) is 0 Å². The van der Waals surface area contributed by atoms with Crippen molar-refractivity contribution >= 4 is 21.8 Å². The largest absolute Gasteiger partial charge is 0.353 e.